The maximum atomic E-state index is 13.7. The second kappa shape index (κ2) is 16.1. The first-order valence-electron chi connectivity index (χ1n) is 16.1. The number of amides is 6. The first-order chi connectivity index (χ1) is 23.3. The van der Waals surface area contributed by atoms with E-state index in [-0.39, 0.29) is 37.8 Å². The minimum absolute atomic E-state index is 0.0677. The summed E-state index contributed by atoms with van der Waals surface area (Å²) in [5, 5.41) is 16.7. The zero-order valence-corrected chi connectivity index (χ0v) is 27.3. The third-order valence-electron chi connectivity index (χ3n) is 8.73. The van der Waals surface area contributed by atoms with E-state index in [4.69, 9.17) is 16.2 Å². The van der Waals surface area contributed by atoms with Gasteiger partial charge in [0.15, 0.2) is 0 Å². The summed E-state index contributed by atoms with van der Waals surface area (Å²) in [6.07, 6.45) is -1.82. The average molecular weight is 679 g/mol. The molecule has 4 rings (SSSR count). The number of nitrogens with zero attached hydrogens (tertiary/aromatic N) is 1. The van der Waals surface area contributed by atoms with Gasteiger partial charge in [-0.1, -0.05) is 62.4 Å². The van der Waals surface area contributed by atoms with Gasteiger partial charge >= 0.3 is 12.1 Å². The number of nitrogens with one attached hydrogen (secondary N) is 3. The highest BCUT2D eigenvalue weighted by Crippen LogP contribution is 2.44. The van der Waals surface area contributed by atoms with Crippen LogP contribution in [0, 0.1) is 5.92 Å². The van der Waals surface area contributed by atoms with Crippen molar-refractivity contribution < 1.29 is 43.4 Å². The number of nitrogens with two attached hydrogens (primary N) is 2. The highest BCUT2D eigenvalue weighted by atomic mass is 16.5. The van der Waals surface area contributed by atoms with Crippen molar-refractivity contribution in [3.8, 4) is 11.1 Å². The van der Waals surface area contributed by atoms with Crippen molar-refractivity contribution in [2.75, 3.05) is 13.2 Å². The zero-order valence-electron chi connectivity index (χ0n) is 27.3. The van der Waals surface area contributed by atoms with Crippen LogP contribution in [0.4, 0.5) is 4.79 Å². The Morgan fingerprint density at radius 3 is 2.06 bits per heavy atom. The molecular formula is C34H42N6O9. The molecular weight excluding hydrogens is 636 g/mol. The third kappa shape index (κ3) is 8.91. The first kappa shape index (κ1) is 36.4. The molecule has 0 aromatic heterocycles. The van der Waals surface area contributed by atoms with Crippen molar-refractivity contribution in [2.45, 2.75) is 76.0 Å². The van der Waals surface area contributed by atoms with Gasteiger partial charge in [0.1, 0.15) is 30.8 Å². The van der Waals surface area contributed by atoms with Crippen LogP contribution in [-0.4, -0.2) is 88.9 Å². The Labute approximate surface area is 283 Å². The van der Waals surface area contributed by atoms with Gasteiger partial charge in [0, 0.05) is 18.9 Å². The van der Waals surface area contributed by atoms with Crippen LogP contribution in [0.2, 0.25) is 0 Å². The average Bonchev–Trinajstić information content (AvgIpc) is 3.66. The minimum Gasteiger partial charge on any atom is -0.481 e. The number of fused-ring (bicyclic) bond motifs is 3. The van der Waals surface area contributed by atoms with E-state index in [9.17, 15) is 38.7 Å². The van der Waals surface area contributed by atoms with E-state index in [1.165, 1.54) is 4.90 Å². The monoisotopic (exact) mass is 678 g/mol. The number of primary amides is 2. The van der Waals surface area contributed by atoms with Crippen LogP contribution in [0.25, 0.3) is 11.1 Å². The number of carbonyl (C=O) groups is 7. The predicted octanol–water partition coefficient (Wildman–Crippen LogP) is 0.736. The molecule has 262 valence electrons. The topological polar surface area (TPSA) is 240 Å². The molecule has 1 aliphatic heterocycles. The molecule has 15 heteroatoms. The summed E-state index contributed by atoms with van der Waals surface area (Å²) in [6, 6.07) is 10.4. The summed E-state index contributed by atoms with van der Waals surface area (Å²) in [6.45, 7) is 3.44. The van der Waals surface area contributed by atoms with Gasteiger partial charge in [-0.05, 0) is 47.4 Å². The molecule has 0 spiro atoms. The maximum Gasteiger partial charge on any atom is 0.407 e. The smallest absolute Gasteiger partial charge is 0.407 e. The summed E-state index contributed by atoms with van der Waals surface area (Å²) in [5.74, 6) is -5.87. The number of carboxylic acids is 1. The first-order valence-corrected chi connectivity index (χ1v) is 16.1. The third-order valence-corrected chi connectivity index (χ3v) is 8.73. The molecule has 2 aromatic carbocycles. The van der Waals surface area contributed by atoms with E-state index >= 15 is 0 Å². The number of alkyl carbamates (subject to hydrolysis) is 1. The number of aliphatic carboxylic acids is 1. The number of likely N-dealkylation sites (tertiary alicyclic amines) is 1. The molecule has 1 fully saturated rings. The Morgan fingerprint density at radius 1 is 0.898 bits per heavy atom. The van der Waals surface area contributed by atoms with Crippen molar-refractivity contribution in [1.82, 2.24) is 20.9 Å². The number of ether oxygens (including phenoxy) is 1. The number of rotatable bonds is 15. The zero-order chi connectivity index (χ0) is 35.8. The fourth-order valence-corrected chi connectivity index (χ4v) is 6.31. The molecule has 0 unspecified atom stereocenters. The Hall–Kier alpha value is -5.47. The molecule has 2 aliphatic rings. The molecule has 2 aromatic rings. The van der Waals surface area contributed by atoms with Crippen LogP contribution >= 0.6 is 0 Å². The number of carbonyl (C=O) groups excluding carboxylic acids is 6. The van der Waals surface area contributed by atoms with E-state index in [1.54, 1.807) is 13.8 Å². The van der Waals surface area contributed by atoms with E-state index in [1.807, 2.05) is 48.5 Å². The predicted molar refractivity (Wildman–Crippen MR) is 175 cm³/mol. The van der Waals surface area contributed by atoms with Crippen LogP contribution in [0.15, 0.2) is 48.5 Å². The highest BCUT2D eigenvalue weighted by molar-refractivity contribution is 5.97. The van der Waals surface area contributed by atoms with Crippen LogP contribution in [0.5, 0.6) is 0 Å². The minimum atomic E-state index is -1.54. The Morgan fingerprint density at radius 2 is 1.51 bits per heavy atom. The molecule has 4 atom stereocenters. The Kier molecular flexibility index (Phi) is 11.9. The lowest BCUT2D eigenvalue weighted by Crippen LogP contribution is -2.58. The van der Waals surface area contributed by atoms with Gasteiger partial charge in [-0.25, -0.2) is 4.79 Å². The molecule has 6 amide bonds. The largest absolute Gasteiger partial charge is 0.481 e. The van der Waals surface area contributed by atoms with Crippen molar-refractivity contribution >= 4 is 41.6 Å². The quantitative estimate of drug-likeness (QED) is 0.155. The molecule has 15 nitrogen and oxygen atoms in total. The fourth-order valence-electron chi connectivity index (χ4n) is 6.31. The SMILES string of the molecule is CC(C)[C@H](NC(=O)[C@@H]1CCCN1C(=O)[C@H](CC(N)=O)NC(=O)[C@H](CCC(=O)O)NC(=O)OCC1c2ccccc2-c2ccccc21)C(N)=O. The van der Waals surface area contributed by atoms with Crippen LogP contribution < -0.4 is 27.4 Å². The molecule has 1 saturated heterocycles. The van der Waals surface area contributed by atoms with Gasteiger partial charge in [0.25, 0.3) is 0 Å². The number of benzene rings is 2. The van der Waals surface area contributed by atoms with E-state index < -0.39 is 78.6 Å². The lowest BCUT2D eigenvalue weighted by Gasteiger charge is -2.30. The van der Waals surface area contributed by atoms with E-state index in [0.29, 0.717) is 6.42 Å². The summed E-state index contributed by atoms with van der Waals surface area (Å²) >= 11 is 0. The summed E-state index contributed by atoms with van der Waals surface area (Å²) in [4.78, 5) is 89.7. The molecule has 0 radical (unpaired) electrons. The van der Waals surface area contributed by atoms with Crippen molar-refractivity contribution in [1.29, 1.82) is 0 Å². The summed E-state index contributed by atoms with van der Waals surface area (Å²) in [7, 11) is 0. The lowest BCUT2D eigenvalue weighted by atomic mass is 9.98. The molecule has 0 saturated carbocycles. The lowest BCUT2D eigenvalue weighted by molar-refractivity contribution is -0.143. The van der Waals surface area contributed by atoms with Gasteiger partial charge in [0.2, 0.25) is 29.5 Å². The summed E-state index contributed by atoms with van der Waals surface area (Å²) in [5.41, 5.74) is 14.8. The molecule has 8 N–H and O–H groups in total. The highest BCUT2D eigenvalue weighted by Gasteiger charge is 2.40. The van der Waals surface area contributed by atoms with Crippen LogP contribution in [-0.2, 0) is 33.5 Å². The molecule has 0 bridgehead atoms. The maximum absolute atomic E-state index is 13.7. The van der Waals surface area contributed by atoms with Gasteiger partial charge in [-0.15, -0.1) is 0 Å². The molecule has 1 heterocycles. The number of carboxylic acid groups (broad SMARTS) is 1. The van der Waals surface area contributed by atoms with Crippen molar-refractivity contribution in [2.24, 2.45) is 17.4 Å². The van der Waals surface area contributed by atoms with Gasteiger partial charge < -0.3 is 42.2 Å². The van der Waals surface area contributed by atoms with Gasteiger partial charge in [0.05, 0.1) is 6.42 Å². The van der Waals surface area contributed by atoms with Crippen LogP contribution in [0.3, 0.4) is 0 Å². The second-order valence-corrected chi connectivity index (χ2v) is 12.5. The van der Waals surface area contributed by atoms with E-state index in [2.05, 4.69) is 16.0 Å². The number of hydrogen-bond acceptors (Lipinski definition) is 8. The Bertz CT molecular complexity index is 1570. The fraction of sp³-hybridized carbons (Fsp3) is 0.441. The van der Waals surface area contributed by atoms with Gasteiger partial charge in [-0.3, -0.25) is 28.8 Å². The molecule has 49 heavy (non-hydrogen) atoms. The standard InChI is InChI=1S/C34H42N6O9/c1-18(2)29(30(36)44)39-32(46)26-12-7-15-40(26)33(47)25(16-27(35)41)37-31(45)24(13-14-28(42)43)38-34(48)49-17-23-21-10-5-3-8-19(21)20-9-4-6-11-22(20)23/h3-6,8-11,18,23-26,29H,7,12-17H2,1-2H3,(H2,35,41)(H2,36,44)(H,37,45)(H,38,48)(H,39,46)(H,42,43)/t24-,25-,26-,29-/m0/s1. The van der Waals surface area contributed by atoms with Crippen molar-refractivity contribution in [3.05, 3.63) is 59.7 Å². The summed E-state index contributed by atoms with van der Waals surface area (Å²) < 4.78 is 5.53. The van der Waals surface area contributed by atoms with Crippen molar-refractivity contribution in [3.63, 3.8) is 0 Å². The van der Waals surface area contributed by atoms with Crippen LogP contribution in [0.1, 0.15) is 63.0 Å². The van der Waals surface area contributed by atoms with Gasteiger partial charge in [-0.2, -0.15) is 0 Å². The molecule has 1 aliphatic carbocycles. The Balaban J connectivity index is 1.45. The second-order valence-electron chi connectivity index (χ2n) is 12.5. The number of hydrogen-bond donors (Lipinski definition) is 6. The van der Waals surface area contributed by atoms with E-state index in [0.717, 1.165) is 22.3 Å². The normalized spacial score (nSPS) is 16.9.